The maximum Gasteiger partial charge on any atom is 0.102 e. The Balaban J connectivity index is 1.55. The number of allylic oxidation sites excluding steroid dienone is 3. The first-order valence-electron chi connectivity index (χ1n) is 12.5. The second-order valence-corrected chi connectivity index (χ2v) is 11.9. The van der Waals surface area contributed by atoms with E-state index in [4.69, 9.17) is 0 Å². The molecule has 0 aliphatic heterocycles. The molecule has 0 amide bonds. The van der Waals surface area contributed by atoms with E-state index in [1.54, 1.807) is 5.57 Å². The molecule has 29 heavy (non-hydrogen) atoms. The van der Waals surface area contributed by atoms with Gasteiger partial charge >= 0.3 is 0 Å². The Morgan fingerprint density at radius 3 is 2.41 bits per heavy atom. The zero-order chi connectivity index (χ0) is 21.0. The Bertz CT molecular complexity index is 676. The highest BCUT2D eigenvalue weighted by Gasteiger charge is 2.57. The van der Waals surface area contributed by atoms with Crippen LogP contribution in [0, 0.1) is 40.4 Å². The number of aliphatic hydroxyl groups is 2. The predicted octanol–water partition coefficient (Wildman–Crippen LogP) is 6.28. The van der Waals surface area contributed by atoms with E-state index in [0.717, 1.165) is 42.1 Å². The molecule has 3 fully saturated rings. The lowest BCUT2D eigenvalue weighted by Crippen LogP contribution is -2.50. The van der Waals surface area contributed by atoms with E-state index < -0.39 is 12.2 Å². The Morgan fingerprint density at radius 2 is 1.69 bits per heavy atom. The lowest BCUT2D eigenvalue weighted by Gasteiger charge is -2.56. The highest BCUT2D eigenvalue weighted by atomic mass is 16.3. The summed E-state index contributed by atoms with van der Waals surface area (Å²) in [5.41, 5.74) is 3.29. The van der Waals surface area contributed by atoms with E-state index in [-0.39, 0.29) is 5.41 Å². The van der Waals surface area contributed by atoms with E-state index in [1.165, 1.54) is 44.9 Å². The van der Waals surface area contributed by atoms with Gasteiger partial charge in [0.15, 0.2) is 0 Å². The summed E-state index contributed by atoms with van der Waals surface area (Å²) in [5, 5.41) is 20.9. The lowest BCUT2D eigenvalue weighted by molar-refractivity contribution is -0.0283. The van der Waals surface area contributed by atoms with Crippen molar-refractivity contribution in [3.63, 3.8) is 0 Å². The van der Waals surface area contributed by atoms with Crippen LogP contribution in [0.15, 0.2) is 23.3 Å². The minimum absolute atomic E-state index is 0.0467. The first-order valence-corrected chi connectivity index (χ1v) is 12.5. The molecule has 0 saturated heterocycles. The largest absolute Gasteiger partial charge is 0.390 e. The van der Waals surface area contributed by atoms with E-state index in [9.17, 15) is 10.2 Å². The van der Waals surface area contributed by atoms with E-state index >= 15 is 0 Å². The molecule has 0 spiro atoms. The molecule has 4 rings (SSSR count). The quantitative estimate of drug-likeness (QED) is 0.570. The summed E-state index contributed by atoms with van der Waals surface area (Å²) in [6.45, 7) is 12.2. The number of aliphatic hydroxyl groups excluding tert-OH is 2. The fraction of sp³-hybridized carbons (Fsp3) is 0.852. The Hall–Kier alpha value is -0.600. The van der Waals surface area contributed by atoms with Crippen LogP contribution in [-0.2, 0) is 0 Å². The van der Waals surface area contributed by atoms with Crippen molar-refractivity contribution >= 4 is 0 Å². The van der Waals surface area contributed by atoms with Gasteiger partial charge in [-0.3, -0.25) is 0 Å². The van der Waals surface area contributed by atoms with Crippen LogP contribution in [0.4, 0.5) is 0 Å². The van der Waals surface area contributed by atoms with Crippen LogP contribution in [0.25, 0.3) is 0 Å². The van der Waals surface area contributed by atoms with Gasteiger partial charge in [-0.05, 0) is 84.5 Å². The van der Waals surface area contributed by atoms with Gasteiger partial charge < -0.3 is 10.2 Å². The minimum Gasteiger partial charge on any atom is -0.390 e. The minimum atomic E-state index is -0.669. The molecule has 0 aromatic heterocycles. The molecule has 4 aliphatic carbocycles. The summed E-state index contributed by atoms with van der Waals surface area (Å²) >= 11 is 0. The van der Waals surface area contributed by atoms with Crippen LogP contribution >= 0.6 is 0 Å². The van der Waals surface area contributed by atoms with Gasteiger partial charge in [-0.1, -0.05) is 71.6 Å². The molecule has 2 heteroatoms. The van der Waals surface area contributed by atoms with Crippen molar-refractivity contribution in [2.75, 3.05) is 0 Å². The van der Waals surface area contributed by atoms with Crippen molar-refractivity contribution in [2.24, 2.45) is 40.4 Å². The molecule has 2 nitrogen and oxygen atoms in total. The molecule has 0 heterocycles. The summed E-state index contributed by atoms with van der Waals surface area (Å²) < 4.78 is 0. The number of hydrogen-bond acceptors (Lipinski definition) is 2. The molecule has 164 valence electrons. The third-order valence-corrected chi connectivity index (χ3v) is 9.84. The van der Waals surface area contributed by atoms with Crippen LogP contribution in [0.3, 0.4) is 0 Å². The average molecular weight is 401 g/mol. The second kappa shape index (κ2) is 7.83. The molecule has 4 aliphatic rings. The monoisotopic (exact) mass is 400 g/mol. The fourth-order valence-corrected chi connectivity index (χ4v) is 8.08. The highest BCUT2D eigenvalue weighted by molar-refractivity contribution is 5.40. The van der Waals surface area contributed by atoms with Gasteiger partial charge in [0.05, 0.1) is 6.10 Å². The fourth-order valence-electron chi connectivity index (χ4n) is 8.08. The Kier molecular flexibility index (Phi) is 5.84. The van der Waals surface area contributed by atoms with Crippen molar-refractivity contribution in [3.05, 3.63) is 23.3 Å². The van der Waals surface area contributed by atoms with Crippen LogP contribution in [0.5, 0.6) is 0 Å². The van der Waals surface area contributed by atoms with Gasteiger partial charge in [0.25, 0.3) is 0 Å². The predicted molar refractivity (Wildman–Crippen MR) is 120 cm³/mol. The van der Waals surface area contributed by atoms with Crippen molar-refractivity contribution < 1.29 is 10.2 Å². The standard InChI is InChI=1S/C27H44O2/c1-17(2)7-6-8-18(3)20-11-12-21-19-9-10-23-25(29)24(28)14-16-27(23,5)22(19)13-15-26(20,21)4/h9-10,17-18,20-22,24-25,28-29H,6-8,11-16H2,1-5H3/t18?,20-,21+,22+,24+,25-,26-,27-/m1/s1. The first-order chi connectivity index (χ1) is 13.7. The van der Waals surface area contributed by atoms with Gasteiger partial charge in [-0.15, -0.1) is 0 Å². The lowest BCUT2D eigenvalue weighted by atomic mass is 9.49. The topological polar surface area (TPSA) is 40.5 Å². The Morgan fingerprint density at radius 1 is 0.931 bits per heavy atom. The number of rotatable bonds is 5. The maximum atomic E-state index is 10.7. The van der Waals surface area contributed by atoms with Crippen molar-refractivity contribution in [2.45, 2.75) is 105 Å². The SMILES string of the molecule is CC(C)CCCC(C)[C@H]1CC[C@H]2C3=CC=C4[C@@H](O)[C@@H](O)CC[C@]4(C)[C@H]3CC[C@]12C. The molecule has 0 aromatic rings. The van der Waals surface area contributed by atoms with Crippen molar-refractivity contribution in [1.29, 1.82) is 0 Å². The second-order valence-electron chi connectivity index (χ2n) is 11.9. The molecule has 2 N–H and O–H groups in total. The molecule has 0 radical (unpaired) electrons. The third-order valence-electron chi connectivity index (χ3n) is 9.84. The summed E-state index contributed by atoms with van der Waals surface area (Å²) in [6, 6.07) is 0. The zero-order valence-corrected chi connectivity index (χ0v) is 19.5. The maximum absolute atomic E-state index is 10.7. The first kappa shape index (κ1) is 21.6. The van der Waals surface area contributed by atoms with Crippen LogP contribution in [0.2, 0.25) is 0 Å². The number of fused-ring (bicyclic) bond motifs is 5. The normalized spacial score (nSPS) is 45.2. The van der Waals surface area contributed by atoms with E-state index in [1.807, 2.05) is 0 Å². The van der Waals surface area contributed by atoms with Gasteiger partial charge in [-0.2, -0.15) is 0 Å². The summed E-state index contributed by atoms with van der Waals surface area (Å²) in [6.07, 6.45) is 14.5. The summed E-state index contributed by atoms with van der Waals surface area (Å²) in [4.78, 5) is 0. The average Bonchev–Trinajstić information content (AvgIpc) is 3.02. The zero-order valence-electron chi connectivity index (χ0n) is 19.5. The molecular formula is C27H44O2. The van der Waals surface area contributed by atoms with Crippen LogP contribution in [0.1, 0.15) is 92.4 Å². The smallest absolute Gasteiger partial charge is 0.102 e. The third kappa shape index (κ3) is 3.47. The molecule has 3 saturated carbocycles. The molecular weight excluding hydrogens is 356 g/mol. The van der Waals surface area contributed by atoms with E-state index in [0.29, 0.717) is 11.3 Å². The molecule has 1 unspecified atom stereocenters. The van der Waals surface area contributed by atoms with Gasteiger partial charge in [0.2, 0.25) is 0 Å². The summed E-state index contributed by atoms with van der Waals surface area (Å²) in [7, 11) is 0. The van der Waals surface area contributed by atoms with Gasteiger partial charge in [0, 0.05) is 0 Å². The van der Waals surface area contributed by atoms with Gasteiger partial charge in [0.1, 0.15) is 6.10 Å². The summed E-state index contributed by atoms with van der Waals surface area (Å²) in [5.74, 6) is 3.80. The van der Waals surface area contributed by atoms with Crippen molar-refractivity contribution in [3.8, 4) is 0 Å². The Labute approximate surface area is 178 Å². The van der Waals surface area contributed by atoms with Crippen LogP contribution in [-0.4, -0.2) is 22.4 Å². The highest BCUT2D eigenvalue weighted by Crippen LogP contribution is 2.66. The van der Waals surface area contributed by atoms with Crippen LogP contribution < -0.4 is 0 Å². The van der Waals surface area contributed by atoms with Gasteiger partial charge in [-0.25, -0.2) is 0 Å². The number of hydrogen-bond donors (Lipinski definition) is 2. The molecule has 0 bridgehead atoms. The molecule has 8 atom stereocenters. The van der Waals surface area contributed by atoms with Crippen molar-refractivity contribution in [1.82, 2.24) is 0 Å². The molecule has 0 aromatic carbocycles. The van der Waals surface area contributed by atoms with E-state index in [2.05, 4.69) is 46.8 Å².